The van der Waals surface area contributed by atoms with Gasteiger partial charge in [0.05, 0.1) is 19.4 Å². The Kier molecular flexibility index (Phi) is 4.63. The molecule has 0 aliphatic rings. The lowest BCUT2D eigenvalue weighted by Gasteiger charge is -2.10. The van der Waals surface area contributed by atoms with Crippen molar-refractivity contribution in [1.29, 1.82) is 0 Å². The fourth-order valence-electron chi connectivity index (χ4n) is 1.95. The minimum absolute atomic E-state index is 0.148. The number of aromatic nitrogens is 6. The predicted molar refractivity (Wildman–Crippen MR) is 71.6 cm³/mol. The number of hydrogen-bond acceptors (Lipinski definition) is 7. The van der Waals surface area contributed by atoms with Gasteiger partial charge in [0, 0.05) is 13.2 Å². The third-order valence-electron chi connectivity index (χ3n) is 2.92. The molecule has 0 aliphatic carbocycles. The first kappa shape index (κ1) is 15.1. The van der Waals surface area contributed by atoms with E-state index in [1.807, 2.05) is 13.8 Å². The van der Waals surface area contributed by atoms with Crippen LogP contribution >= 0.6 is 0 Å². The van der Waals surface area contributed by atoms with Gasteiger partial charge in [-0.05, 0) is 13.8 Å². The summed E-state index contributed by atoms with van der Waals surface area (Å²) in [5, 5.41) is 12.0. The summed E-state index contributed by atoms with van der Waals surface area (Å²) in [5.41, 5.74) is 0.692. The highest BCUT2D eigenvalue weighted by molar-refractivity contribution is 5.88. The van der Waals surface area contributed by atoms with Gasteiger partial charge in [-0.15, -0.1) is 5.10 Å². The van der Waals surface area contributed by atoms with Crippen LogP contribution in [-0.2, 0) is 22.6 Å². The molecule has 0 saturated heterocycles. The average Bonchev–Trinajstić information content (AvgIpc) is 3.07. The number of carbonyl (C=O) groups excluding carboxylic acids is 1. The van der Waals surface area contributed by atoms with Gasteiger partial charge in [0.15, 0.2) is 5.69 Å². The molecule has 0 fully saturated rings. The monoisotopic (exact) mass is 294 g/mol. The Labute approximate surface area is 121 Å². The van der Waals surface area contributed by atoms with Gasteiger partial charge in [-0.25, -0.2) is 19.1 Å². The van der Waals surface area contributed by atoms with Crippen molar-refractivity contribution in [3.8, 4) is 0 Å². The second-order valence-electron chi connectivity index (χ2n) is 4.68. The molecular formula is C12H18N6O3. The summed E-state index contributed by atoms with van der Waals surface area (Å²) in [6.45, 7) is 4.57. The van der Waals surface area contributed by atoms with E-state index >= 15 is 0 Å². The first-order chi connectivity index (χ1) is 10.1. The molecule has 2 aromatic heterocycles. The van der Waals surface area contributed by atoms with E-state index in [0.717, 1.165) is 5.82 Å². The Morgan fingerprint density at radius 3 is 2.76 bits per heavy atom. The van der Waals surface area contributed by atoms with Gasteiger partial charge < -0.3 is 9.47 Å². The molecule has 0 atom stereocenters. The topological polar surface area (TPSA) is 97.0 Å². The molecule has 0 bridgehead atoms. The molecule has 2 aromatic rings. The zero-order chi connectivity index (χ0) is 15.4. The Bertz CT molecular complexity index is 618. The highest BCUT2D eigenvalue weighted by Crippen LogP contribution is 2.12. The van der Waals surface area contributed by atoms with Crippen molar-refractivity contribution < 1.29 is 14.3 Å². The highest BCUT2D eigenvalue weighted by atomic mass is 16.5. The molecule has 9 nitrogen and oxygen atoms in total. The van der Waals surface area contributed by atoms with Crippen molar-refractivity contribution in [3.05, 3.63) is 23.5 Å². The van der Waals surface area contributed by atoms with Gasteiger partial charge in [-0.2, -0.15) is 5.10 Å². The van der Waals surface area contributed by atoms with Gasteiger partial charge in [-0.3, -0.25) is 0 Å². The first-order valence-corrected chi connectivity index (χ1v) is 6.46. The van der Waals surface area contributed by atoms with Gasteiger partial charge >= 0.3 is 5.97 Å². The van der Waals surface area contributed by atoms with E-state index in [-0.39, 0.29) is 18.3 Å². The van der Waals surface area contributed by atoms with E-state index in [4.69, 9.17) is 9.47 Å². The molecule has 0 spiro atoms. The zero-order valence-corrected chi connectivity index (χ0v) is 12.5. The number of ether oxygens (including phenoxy) is 2. The summed E-state index contributed by atoms with van der Waals surface area (Å²) in [6, 6.07) is 0.178. The van der Waals surface area contributed by atoms with Crippen LogP contribution in [0, 0.1) is 0 Å². The Balaban J connectivity index is 2.33. The molecule has 0 saturated carbocycles. The quantitative estimate of drug-likeness (QED) is 0.713. The van der Waals surface area contributed by atoms with Crippen molar-refractivity contribution in [2.24, 2.45) is 0 Å². The third kappa shape index (κ3) is 3.07. The molecule has 2 rings (SSSR count). The molecule has 114 valence electrons. The van der Waals surface area contributed by atoms with Crippen LogP contribution in [0.25, 0.3) is 0 Å². The fourth-order valence-corrected chi connectivity index (χ4v) is 1.95. The molecule has 0 aromatic carbocycles. The zero-order valence-electron chi connectivity index (χ0n) is 12.5. The van der Waals surface area contributed by atoms with Crippen LogP contribution in [0.15, 0.2) is 6.33 Å². The van der Waals surface area contributed by atoms with Crippen molar-refractivity contribution in [2.45, 2.75) is 33.0 Å². The SMILES string of the molecule is COCc1c(C(=O)OC)nnn1Cc1ncnn1C(C)C. The van der Waals surface area contributed by atoms with E-state index in [2.05, 4.69) is 20.4 Å². The number of hydrogen-bond donors (Lipinski definition) is 0. The normalized spacial score (nSPS) is 11.1. The molecule has 2 heterocycles. The summed E-state index contributed by atoms with van der Waals surface area (Å²) < 4.78 is 13.2. The number of carbonyl (C=O) groups is 1. The average molecular weight is 294 g/mol. The maximum absolute atomic E-state index is 11.7. The molecular weight excluding hydrogens is 276 g/mol. The lowest BCUT2D eigenvalue weighted by Crippen LogP contribution is -2.16. The maximum Gasteiger partial charge on any atom is 0.360 e. The molecule has 0 unspecified atom stereocenters. The van der Waals surface area contributed by atoms with E-state index in [1.54, 1.807) is 9.36 Å². The second kappa shape index (κ2) is 6.44. The molecule has 0 amide bonds. The molecule has 0 radical (unpaired) electrons. The second-order valence-corrected chi connectivity index (χ2v) is 4.68. The van der Waals surface area contributed by atoms with Crippen LogP contribution in [0.5, 0.6) is 0 Å². The Hall–Kier alpha value is -2.29. The summed E-state index contributed by atoms with van der Waals surface area (Å²) in [6.07, 6.45) is 1.49. The summed E-state index contributed by atoms with van der Waals surface area (Å²) >= 11 is 0. The van der Waals surface area contributed by atoms with Gasteiger partial charge in [0.25, 0.3) is 0 Å². The van der Waals surface area contributed by atoms with Crippen LogP contribution < -0.4 is 0 Å². The van der Waals surface area contributed by atoms with Crippen LogP contribution in [0.4, 0.5) is 0 Å². The Morgan fingerprint density at radius 1 is 1.38 bits per heavy atom. The fraction of sp³-hybridized carbons (Fsp3) is 0.583. The highest BCUT2D eigenvalue weighted by Gasteiger charge is 2.21. The number of esters is 1. The summed E-state index contributed by atoms with van der Waals surface area (Å²) in [4.78, 5) is 15.9. The minimum atomic E-state index is -0.543. The van der Waals surface area contributed by atoms with E-state index < -0.39 is 5.97 Å². The summed E-state index contributed by atoms with van der Waals surface area (Å²) in [7, 11) is 2.84. The van der Waals surface area contributed by atoms with Crippen molar-refractivity contribution in [3.63, 3.8) is 0 Å². The van der Waals surface area contributed by atoms with Crippen molar-refractivity contribution >= 4 is 5.97 Å². The minimum Gasteiger partial charge on any atom is -0.464 e. The Morgan fingerprint density at radius 2 is 2.14 bits per heavy atom. The first-order valence-electron chi connectivity index (χ1n) is 6.46. The van der Waals surface area contributed by atoms with Gasteiger partial charge in [0.2, 0.25) is 0 Å². The van der Waals surface area contributed by atoms with Crippen molar-refractivity contribution in [1.82, 2.24) is 29.8 Å². The third-order valence-corrected chi connectivity index (χ3v) is 2.92. The van der Waals surface area contributed by atoms with E-state index in [0.29, 0.717) is 12.2 Å². The molecule has 0 aliphatic heterocycles. The molecule has 9 heteroatoms. The van der Waals surface area contributed by atoms with Crippen LogP contribution in [0.1, 0.15) is 41.9 Å². The molecule has 21 heavy (non-hydrogen) atoms. The predicted octanol–water partition coefficient (Wildman–Crippen LogP) is 0.432. The molecule has 0 N–H and O–H groups in total. The largest absolute Gasteiger partial charge is 0.464 e. The number of methoxy groups -OCH3 is 2. The number of nitrogens with zero attached hydrogens (tertiary/aromatic N) is 6. The summed E-state index contributed by atoms with van der Waals surface area (Å²) in [5.74, 6) is 0.183. The van der Waals surface area contributed by atoms with Crippen LogP contribution in [0.2, 0.25) is 0 Å². The standard InChI is InChI=1S/C12H18N6O3/c1-8(2)18-10(13-7-14-18)5-17-9(6-20-3)11(15-16-17)12(19)21-4/h7-8H,5-6H2,1-4H3. The smallest absolute Gasteiger partial charge is 0.360 e. The lowest BCUT2D eigenvalue weighted by molar-refractivity contribution is 0.0588. The van der Waals surface area contributed by atoms with Gasteiger partial charge in [0.1, 0.15) is 18.7 Å². The van der Waals surface area contributed by atoms with Crippen LogP contribution in [0.3, 0.4) is 0 Å². The van der Waals surface area contributed by atoms with E-state index in [1.165, 1.54) is 20.5 Å². The maximum atomic E-state index is 11.7. The van der Waals surface area contributed by atoms with Gasteiger partial charge in [-0.1, -0.05) is 5.21 Å². The number of rotatable bonds is 6. The van der Waals surface area contributed by atoms with Crippen LogP contribution in [-0.4, -0.2) is 49.9 Å². The lowest BCUT2D eigenvalue weighted by atomic mass is 10.3. The van der Waals surface area contributed by atoms with E-state index in [9.17, 15) is 4.79 Å². The van der Waals surface area contributed by atoms with Crippen molar-refractivity contribution in [2.75, 3.05) is 14.2 Å².